The smallest absolute Gasteiger partial charge is 0.203 e. The zero-order valence-corrected chi connectivity index (χ0v) is 14.6. The summed E-state index contributed by atoms with van der Waals surface area (Å²) in [5.74, 6) is 0.546. The van der Waals surface area contributed by atoms with Gasteiger partial charge in [-0.25, -0.2) is 0 Å². The number of benzene rings is 1. The fourth-order valence-corrected chi connectivity index (χ4v) is 3.09. The lowest BCUT2D eigenvalue weighted by molar-refractivity contribution is 0.0117. The van der Waals surface area contributed by atoms with E-state index in [1.165, 1.54) is 0 Å². The van der Waals surface area contributed by atoms with E-state index in [9.17, 15) is 15.0 Å². The van der Waals surface area contributed by atoms with Crippen LogP contribution < -0.4 is 0 Å². The third kappa shape index (κ3) is 3.37. The topological polar surface area (TPSA) is 79.9 Å². The summed E-state index contributed by atoms with van der Waals surface area (Å²) in [6, 6.07) is 11.0. The maximum absolute atomic E-state index is 12.6. The van der Waals surface area contributed by atoms with Crippen LogP contribution >= 0.6 is 15.9 Å². The van der Waals surface area contributed by atoms with Crippen molar-refractivity contribution in [1.82, 2.24) is 0 Å². The molecule has 1 aromatic heterocycles. The van der Waals surface area contributed by atoms with E-state index in [2.05, 4.69) is 15.9 Å². The first-order valence-corrected chi connectivity index (χ1v) is 8.31. The fourth-order valence-electron chi connectivity index (χ4n) is 2.61. The normalized spacial score (nSPS) is 24.3. The van der Waals surface area contributed by atoms with E-state index in [4.69, 9.17) is 9.15 Å². The average molecular weight is 393 g/mol. The van der Waals surface area contributed by atoms with E-state index in [0.29, 0.717) is 21.6 Å². The van der Waals surface area contributed by atoms with Crippen molar-refractivity contribution >= 4 is 27.8 Å². The number of allylic oxidation sites excluding steroid dienone is 1. The van der Waals surface area contributed by atoms with Gasteiger partial charge in [0.1, 0.15) is 29.8 Å². The Hall–Kier alpha value is -1.73. The van der Waals surface area contributed by atoms with Crippen LogP contribution in [-0.4, -0.2) is 34.8 Å². The first kappa shape index (κ1) is 17.1. The van der Waals surface area contributed by atoms with Crippen molar-refractivity contribution < 1.29 is 24.2 Å². The van der Waals surface area contributed by atoms with Crippen LogP contribution in [-0.2, 0) is 4.74 Å². The minimum Gasteiger partial charge on any atom is -0.463 e. The number of ketones is 1. The van der Waals surface area contributed by atoms with Gasteiger partial charge >= 0.3 is 0 Å². The maximum Gasteiger partial charge on any atom is 0.203 e. The molecule has 3 atom stereocenters. The van der Waals surface area contributed by atoms with Crippen molar-refractivity contribution in [1.29, 1.82) is 0 Å². The zero-order valence-electron chi connectivity index (χ0n) is 13.0. The molecule has 24 heavy (non-hydrogen) atoms. The van der Waals surface area contributed by atoms with E-state index in [-0.39, 0.29) is 12.4 Å². The molecule has 1 aliphatic rings. The highest BCUT2D eigenvalue weighted by atomic mass is 79.9. The molecule has 1 fully saturated rings. The van der Waals surface area contributed by atoms with Gasteiger partial charge in [-0.15, -0.1) is 0 Å². The molecule has 0 aliphatic carbocycles. The van der Waals surface area contributed by atoms with Gasteiger partial charge in [0.15, 0.2) is 0 Å². The van der Waals surface area contributed by atoms with E-state index < -0.39 is 18.3 Å². The molecule has 0 unspecified atom stereocenters. The predicted octanol–water partition coefficient (Wildman–Crippen LogP) is 3.00. The van der Waals surface area contributed by atoms with Gasteiger partial charge in [-0.3, -0.25) is 4.79 Å². The summed E-state index contributed by atoms with van der Waals surface area (Å²) in [6.45, 7) is 1.71. The molecule has 0 bridgehead atoms. The summed E-state index contributed by atoms with van der Waals surface area (Å²) in [5, 5.41) is 19.5. The number of hydrogen-bond donors (Lipinski definition) is 2. The lowest BCUT2D eigenvalue weighted by Crippen LogP contribution is -2.24. The Kier molecular flexibility index (Phi) is 5.01. The second-order valence-electron chi connectivity index (χ2n) is 5.66. The highest BCUT2D eigenvalue weighted by molar-refractivity contribution is 9.12. The Bertz CT molecular complexity index is 765. The van der Waals surface area contributed by atoms with Gasteiger partial charge in [0.05, 0.1) is 16.7 Å². The highest BCUT2D eigenvalue weighted by Crippen LogP contribution is 2.33. The van der Waals surface area contributed by atoms with Crippen LogP contribution in [0.2, 0.25) is 0 Å². The van der Waals surface area contributed by atoms with Crippen LogP contribution in [0.3, 0.4) is 0 Å². The third-order valence-corrected chi connectivity index (χ3v) is 4.51. The van der Waals surface area contributed by atoms with Gasteiger partial charge < -0.3 is 19.4 Å². The molecule has 126 valence electrons. The summed E-state index contributed by atoms with van der Waals surface area (Å²) in [6.07, 6.45) is -1.05. The van der Waals surface area contributed by atoms with Crippen LogP contribution in [0.1, 0.15) is 33.5 Å². The second kappa shape index (κ2) is 7.03. The van der Waals surface area contributed by atoms with Gasteiger partial charge in [-0.05, 0) is 40.6 Å². The zero-order chi connectivity index (χ0) is 17.3. The molecular formula is C18H17BrO5. The summed E-state index contributed by atoms with van der Waals surface area (Å²) in [4.78, 5) is 12.6. The molecule has 1 aliphatic heterocycles. The van der Waals surface area contributed by atoms with Crippen molar-refractivity contribution in [2.75, 3.05) is 6.61 Å². The number of furan rings is 1. The molecule has 0 radical (unpaired) electrons. The molecule has 2 N–H and O–H groups in total. The minimum atomic E-state index is -1.07. The third-order valence-electron chi connectivity index (χ3n) is 3.92. The van der Waals surface area contributed by atoms with Crippen LogP contribution in [0, 0.1) is 6.92 Å². The van der Waals surface area contributed by atoms with E-state index >= 15 is 0 Å². The molecule has 0 amide bonds. The molecule has 2 heterocycles. The Morgan fingerprint density at radius 2 is 2.00 bits per heavy atom. The first-order chi connectivity index (χ1) is 11.5. The number of hydrogen-bond acceptors (Lipinski definition) is 5. The monoisotopic (exact) mass is 392 g/mol. The number of ether oxygens (including phenoxy) is 1. The quantitative estimate of drug-likeness (QED) is 0.617. The van der Waals surface area contributed by atoms with Gasteiger partial charge in [-0.1, -0.05) is 30.3 Å². The highest BCUT2D eigenvalue weighted by Gasteiger charge is 2.38. The number of Topliss-reactive ketones (excluding diaryl/α,β-unsaturated/α-hetero) is 1. The average Bonchev–Trinajstić information content (AvgIpc) is 3.11. The van der Waals surface area contributed by atoms with Crippen LogP contribution in [0.4, 0.5) is 0 Å². The molecule has 5 nitrogen and oxygen atoms in total. The number of halogens is 1. The molecule has 2 aromatic rings. The molecular weight excluding hydrogens is 376 g/mol. The number of aryl methyl sites for hydroxylation is 1. The Morgan fingerprint density at radius 3 is 2.62 bits per heavy atom. The van der Waals surface area contributed by atoms with Crippen molar-refractivity contribution in [3.05, 3.63) is 63.5 Å². The number of carbonyl (C=O) groups excluding carboxylic acids is 1. The van der Waals surface area contributed by atoms with Gasteiger partial charge in [0.25, 0.3) is 0 Å². The van der Waals surface area contributed by atoms with E-state index in [1.807, 2.05) is 30.3 Å². The summed E-state index contributed by atoms with van der Waals surface area (Å²) in [5.41, 5.74) is 1.29. The predicted molar refractivity (Wildman–Crippen MR) is 91.8 cm³/mol. The molecule has 0 saturated carbocycles. The Labute approximate surface area is 147 Å². The molecule has 6 heteroatoms. The Balaban J connectivity index is 1.85. The van der Waals surface area contributed by atoms with Crippen molar-refractivity contribution in [2.24, 2.45) is 0 Å². The van der Waals surface area contributed by atoms with Crippen LogP contribution in [0.25, 0.3) is 6.08 Å². The number of aliphatic hydroxyl groups excluding tert-OH is 2. The molecule has 0 spiro atoms. The van der Waals surface area contributed by atoms with Crippen LogP contribution in [0.15, 0.2) is 45.3 Å². The number of rotatable bonds is 4. The van der Waals surface area contributed by atoms with Gasteiger partial charge in [-0.2, -0.15) is 0 Å². The summed E-state index contributed by atoms with van der Waals surface area (Å²) < 4.78 is 11.3. The maximum atomic E-state index is 12.6. The standard InChI is InChI=1S/C18H17BrO5/c1-10-12(8-15(24-10)18-17(22)14(20)9-23-18)16(21)13(19)7-11-5-3-2-4-6-11/h2-8,14,17-18,20,22H,9H2,1H3/b13-7-/t14-,17-,18+/m1/s1. The van der Waals surface area contributed by atoms with Crippen molar-refractivity contribution in [2.45, 2.75) is 25.2 Å². The summed E-state index contributed by atoms with van der Waals surface area (Å²) >= 11 is 3.31. The van der Waals surface area contributed by atoms with E-state index in [0.717, 1.165) is 5.56 Å². The Morgan fingerprint density at radius 1 is 1.29 bits per heavy atom. The van der Waals surface area contributed by atoms with Gasteiger partial charge in [0, 0.05) is 0 Å². The largest absolute Gasteiger partial charge is 0.463 e. The fraction of sp³-hybridized carbons (Fsp3) is 0.278. The van der Waals surface area contributed by atoms with E-state index in [1.54, 1.807) is 19.1 Å². The van der Waals surface area contributed by atoms with Crippen molar-refractivity contribution in [3.63, 3.8) is 0 Å². The number of carbonyl (C=O) groups is 1. The molecule has 3 rings (SSSR count). The molecule has 1 saturated heterocycles. The van der Waals surface area contributed by atoms with Crippen LogP contribution in [0.5, 0.6) is 0 Å². The second-order valence-corrected chi connectivity index (χ2v) is 6.52. The number of aliphatic hydroxyl groups is 2. The van der Waals surface area contributed by atoms with Crippen molar-refractivity contribution in [3.8, 4) is 0 Å². The molecule has 1 aromatic carbocycles. The lowest BCUT2D eigenvalue weighted by atomic mass is 10.1. The first-order valence-electron chi connectivity index (χ1n) is 7.52. The minimum absolute atomic E-state index is 0.0342. The lowest BCUT2D eigenvalue weighted by Gasteiger charge is -2.11. The summed E-state index contributed by atoms with van der Waals surface area (Å²) in [7, 11) is 0. The van der Waals surface area contributed by atoms with Gasteiger partial charge in [0.2, 0.25) is 5.78 Å². The SMILES string of the molecule is Cc1oc([C@@H]2OC[C@@H](O)[C@H]2O)cc1C(=O)/C(Br)=C/c1ccccc1.